The first kappa shape index (κ1) is 12.8. The Balaban J connectivity index is 1.64. The van der Waals surface area contributed by atoms with E-state index < -0.39 is 0 Å². The van der Waals surface area contributed by atoms with E-state index in [1.54, 1.807) is 4.52 Å². The van der Waals surface area contributed by atoms with Gasteiger partial charge < -0.3 is 10.3 Å². The smallest absolute Gasteiger partial charge is 0.178 e. The highest BCUT2D eigenvalue weighted by Crippen LogP contribution is 2.19. The topological polar surface area (TPSA) is 83.8 Å². The summed E-state index contributed by atoms with van der Waals surface area (Å²) in [4.78, 5) is 7.93. The van der Waals surface area contributed by atoms with E-state index in [-0.39, 0.29) is 6.04 Å². The molecule has 4 aromatic rings. The van der Waals surface area contributed by atoms with Crippen LogP contribution in [0.5, 0.6) is 0 Å². The molecule has 0 fully saturated rings. The number of aromatic amines is 1. The minimum Gasteiger partial charge on any atom is -0.359 e. The van der Waals surface area contributed by atoms with Crippen LogP contribution in [0.3, 0.4) is 0 Å². The third kappa shape index (κ3) is 2.07. The molecule has 22 heavy (non-hydrogen) atoms. The van der Waals surface area contributed by atoms with Crippen molar-refractivity contribution in [1.29, 1.82) is 0 Å². The van der Waals surface area contributed by atoms with Crippen LogP contribution in [0.4, 0.5) is 5.82 Å². The summed E-state index contributed by atoms with van der Waals surface area (Å²) in [7, 11) is 0. The average molecular weight is 293 g/mol. The highest BCUT2D eigenvalue weighted by Gasteiger charge is 2.12. The number of para-hydroxylation sites is 2. The Kier molecular flexibility index (Phi) is 2.78. The van der Waals surface area contributed by atoms with Crippen LogP contribution in [0.1, 0.15) is 24.6 Å². The van der Waals surface area contributed by atoms with Gasteiger partial charge in [0.25, 0.3) is 0 Å². The van der Waals surface area contributed by atoms with Crippen molar-refractivity contribution in [3.05, 3.63) is 48.0 Å². The van der Waals surface area contributed by atoms with Crippen LogP contribution in [0.2, 0.25) is 0 Å². The van der Waals surface area contributed by atoms with Gasteiger partial charge in [0.05, 0.1) is 17.1 Å². The molecule has 3 heterocycles. The Bertz CT molecular complexity index is 920. The maximum atomic E-state index is 4.60. The number of rotatable bonds is 3. The van der Waals surface area contributed by atoms with Crippen molar-refractivity contribution < 1.29 is 0 Å². The van der Waals surface area contributed by atoms with E-state index in [0.29, 0.717) is 0 Å². The number of H-pyrrole nitrogens is 1. The fourth-order valence-corrected chi connectivity index (χ4v) is 2.44. The third-order valence-corrected chi connectivity index (χ3v) is 3.60. The van der Waals surface area contributed by atoms with Gasteiger partial charge >= 0.3 is 0 Å². The molecule has 7 nitrogen and oxygen atoms in total. The van der Waals surface area contributed by atoms with E-state index in [0.717, 1.165) is 34.1 Å². The molecule has 0 saturated carbocycles. The van der Waals surface area contributed by atoms with Crippen LogP contribution < -0.4 is 5.32 Å². The number of aromatic nitrogens is 6. The fraction of sp³-hybridized carbons (Fsp3) is 0.200. The number of nitrogens with one attached hydrogen (secondary N) is 2. The van der Waals surface area contributed by atoms with Crippen LogP contribution in [0.25, 0.3) is 16.7 Å². The van der Waals surface area contributed by atoms with Gasteiger partial charge in [-0.1, -0.05) is 12.1 Å². The summed E-state index contributed by atoms with van der Waals surface area (Å²) in [5.41, 5.74) is 2.73. The molecule has 0 bridgehead atoms. The predicted molar refractivity (Wildman–Crippen MR) is 83.7 cm³/mol. The highest BCUT2D eigenvalue weighted by atomic mass is 15.4. The standard InChI is InChI=1S/C15H15N7/c1-9(15-17-11-5-3-4-6-12(11)18-15)16-13-7-8-14-20-19-10(2)22(14)21-13/h3-9H,1-2H3,(H,16,21)(H,17,18). The molecule has 2 N–H and O–H groups in total. The van der Waals surface area contributed by atoms with Crippen molar-refractivity contribution in [3.8, 4) is 0 Å². The summed E-state index contributed by atoms with van der Waals surface area (Å²) < 4.78 is 1.72. The lowest BCUT2D eigenvalue weighted by Crippen LogP contribution is -2.11. The summed E-state index contributed by atoms with van der Waals surface area (Å²) in [5, 5.41) is 15.9. The zero-order valence-electron chi connectivity index (χ0n) is 12.3. The average Bonchev–Trinajstić information content (AvgIpc) is 3.11. The van der Waals surface area contributed by atoms with Gasteiger partial charge in [-0.2, -0.15) is 4.52 Å². The third-order valence-electron chi connectivity index (χ3n) is 3.60. The fourth-order valence-electron chi connectivity index (χ4n) is 2.44. The van der Waals surface area contributed by atoms with E-state index in [9.17, 15) is 0 Å². The van der Waals surface area contributed by atoms with Gasteiger partial charge in [-0.3, -0.25) is 0 Å². The number of anilines is 1. The van der Waals surface area contributed by atoms with Crippen molar-refractivity contribution >= 4 is 22.5 Å². The van der Waals surface area contributed by atoms with Crippen molar-refractivity contribution in [2.45, 2.75) is 19.9 Å². The van der Waals surface area contributed by atoms with E-state index in [1.807, 2.05) is 50.2 Å². The summed E-state index contributed by atoms with van der Waals surface area (Å²) in [5.74, 6) is 2.39. The van der Waals surface area contributed by atoms with E-state index in [1.165, 1.54) is 0 Å². The molecule has 0 radical (unpaired) electrons. The van der Waals surface area contributed by atoms with Gasteiger partial charge in [-0.15, -0.1) is 15.3 Å². The van der Waals surface area contributed by atoms with Gasteiger partial charge in [0.1, 0.15) is 11.6 Å². The normalized spacial score (nSPS) is 12.8. The molecule has 0 amide bonds. The molecule has 0 saturated heterocycles. The second-order valence-corrected chi connectivity index (χ2v) is 5.24. The zero-order valence-corrected chi connectivity index (χ0v) is 12.3. The largest absolute Gasteiger partial charge is 0.359 e. The van der Waals surface area contributed by atoms with Crippen LogP contribution in [0.15, 0.2) is 36.4 Å². The van der Waals surface area contributed by atoms with E-state index >= 15 is 0 Å². The van der Waals surface area contributed by atoms with Gasteiger partial charge in [0, 0.05) is 0 Å². The molecule has 7 heteroatoms. The van der Waals surface area contributed by atoms with E-state index in [2.05, 4.69) is 30.6 Å². The second kappa shape index (κ2) is 4.80. The van der Waals surface area contributed by atoms with Crippen LogP contribution in [-0.2, 0) is 0 Å². The molecule has 0 aliphatic heterocycles. The maximum absolute atomic E-state index is 4.60. The predicted octanol–water partition coefficient (Wildman–Crippen LogP) is 2.48. The number of fused-ring (bicyclic) bond motifs is 2. The quantitative estimate of drug-likeness (QED) is 0.606. The number of benzene rings is 1. The van der Waals surface area contributed by atoms with Crippen molar-refractivity contribution in [3.63, 3.8) is 0 Å². The minimum atomic E-state index is 0.00846. The van der Waals surface area contributed by atoms with Gasteiger partial charge in [-0.25, -0.2) is 4.98 Å². The summed E-state index contributed by atoms with van der Waals surface area (Å²) >= 11 is 0. The molecule has 1 atom stereocenters. The monoisotopic (exact) mass is 293 g/mol. The van der Waals surface area contributed by atoms with Crippen LogP contribution in [-0.4, -0.2) is 29.8 Å². The molecule has 110 valence electrons. The lowest BCUT2D eigenvalue weighted by molar-refractivity contribution is 0.790. The molecule has 1 aromatic carbocycles. The number of aryl methyl sites for hydroxylation is 1. The Morgan fingerprint density at radius 3 is 2.86 bits per heavy atom. The first-order valence-electron chi connectivity index (χ1n) is 7.11. The number of hydrogen-bond acceptors (Lipinski definition) is 5. The molecular formula is C15H15N7. The molecule has 0 aliphatic carbocycles. The minimum absolute atomic E-state index is 0.00846. The van der Waals surface area contributed by atoms with Gasteiger partial charge in [-0.05, 0) is 38.1 Å². The number of imidazole rings is 1. The van der Waals surface area contributed by atoms with Gasteiger partial charge in [0.2, 0.25) is 0 Å². The highest BCUT2D eigenvalue weighted by molar-refractivity contribution is 5.74. The lowest BCUT2D eigenvalue weighted by atomic mass is 10.3. The van der Waals surface area contributed by atoms with Gasteiger partial charge in [0.15, 0.2) is 11.5 Å². The SMILES string of the molecule is Cc1nnc2ccc(NC(C)c3nc4ccccc4[nH]3)nn12. The zero-order chi connectivity index (χ0) is 15.1. The second-order valence-electron chi connectivity index (χ2n) is 5.24. The molecule has 4 rings (SSSR count). The summed E-state index contributed by atoms with van der Waals surface area (Å²) in [6.07, 6.45) is 0. The molecule has 0 aliphatic rings. The van der Waals surface area contributed by atoms with Crippen molar-refractivity contribution in [2.24, 2.45) is 0 Å². The van der Waals surface area contributed by atoms with Crippen molar-refractivity contribution in [1.82, 2.24) is 29.8 Å². The Morgan fingerprint density at radius 2 is 2.00 bits per heavy atom. The Morgan fingerprint density at radius 1 is 1.14 bits per heavy atom. The lowest BCUT2D eigenvalue weighted by Gasteiger charge is -2.11. The first-order valence-corrected chi connectivity index (χ1v) is 7.11. The number of nitrogens with zero attached hydrogens (tertiary/aromatic N) is 5. The number of hydrogen-bond donors (Lipinski definition) is 2. The molecule has 1 unspecified atom stereocenters. The summed E-state index contributed by atoms with van der Waals surface area (Å²) in [6, 6.07) is 11.8. The Labute approximate surface area is 126 Å². The molecule has 3 aromatic heterocycles. The Hall–Kier alpha value is -2.96. The maximum Gasteiger partial charge on any atom is 0.178 e. The van der Waals surface area contributed by atoms with E-state index in [4.69, 9.17) is 0 Å². The first-order chi connectivity index (χ1) is 10.7. The molecular weight excluding hydrogens is 278 g/mol. The van der Waals surface area contributed by atoms with Crippen LogP contribution in [0, 0.1) is 6.92 Å². The van der Waals surface area contributed by atoms with Crippen LogP contribution >= 0.6 is 0 Å². The molecule has 0 spiro atoms. The summed E-state index contributed by atoms with van der Waals surface area (Å²) in [6.45, 7) is 3.92. The van der Waals surface area contributed by atoms with Crippen molar-refractivity contribution in [2.75, 3.05) is 5.32 Å².